The van der Waals surface area contributed by atoms with Crippen LogP contribution in [-0.4, -0.2) is 27.7 Å². The summed E-state index contributed by atoms with van der Waals surface area (Å²) in [6.45, 7) is 32.1. The predicted molar refractivity (Wildman–Crippen MR) is 284 cm³/mol. The molecule has 0 aliphatic heterocycles. The van der Waals surface area contributed by atoms with Crippen molar-refractivity contribution in [2.75, 3.05) is 0 Å². The first-order valence-electron chi connectivity index (χ1n) is 25.2. The second-order valence-electron chi connectivity index (χ2n) is 23.0. The molecule has 6 aromatic carbocycles. The molecule has 0 aliphatic rings. The van der Waals surface area contributed by atoms with E-state index in [1.54, 1.807) is 6.20 Å². The van der Waals surface area contributed by atoms with Gasteiger partial charge >= 0.3 is 0 Å². The van der Waals surface area contributed by atoms with Crippen molar-refractivity contribution in [1.29, 1.82) is 0 Å². The quantitative estimate of drug-likeness (QED) is 0.128. The van der Waals surface area contributed by atoms with Gasteiger partial charge in [0.2, 0.25) is 0 Å². The minimum absolute atomic E-state index is 0. The third kappa shape index (κ3) is 10.1. The average molecular weight is 1090 g/mol. The molecule has 0 amide bonds. The number of hydrogen-bond acceptors (Lipinski definition) is 3. The van der Waals surface area contributed by atoms with Crippen LogP contribution in [-0.2, 0) is 42.7 Å². The van der Waals surface area contributed by atoms with Crippen LogP contribution in [0, 0.1) is 6.07 Å². The number of nitrogens with zero attached hydrogens (tertiary/aromatic N) is 3. The molecule has 0 fully saturated rings. The summed E-state index contributed by atoms with van der Waals surface area (Å²) in [5, 5.41) is 14.0. The standard InChI is InChI=1S/C61H68N3OSi.Pt/c1-58(2,3)44-26-29-53(49(36-44)40-20-17-16-18-21-40)64-54-23-19-22-48(55(54)63-57(64)50-37-46(60(7,8)9)38-51(56(50)65)61(10,11)12)42-32-43(34-45(33-42)59(4,5)6)52-35-41(30-31-62-52)39-24-27-47(28-25-39)66(13,14)15;/h16-31,33-38,65H,1-15H3;/q-1;/i30D,35D,37D,38D;. The van der Waals surface area contributed by atoms with E-state index in [1.165, 1.54) is 5.19 Å². The molecule has 8 rings (SSSR count). The molecule has 2 aromatic heterocycles. The molecule has 4 nitrogen and oxygen atoms in total. The van der Waals surface area contributed by atoms with Gasteiger partial charge in [0, 0.05) is 44.1 Å². The fraction of sp³-hybridized carbons (Fsp3) is 0.311. The molecule has 6 heteroatoms. The molecule has 1 N–H and O–H groups in total. The Bertz CT molecular complexity index is 3290. The third-order valence-corrected chi connectivity index (χ3v) is 14.6. The molecule has 0 aliphatic carbocycles. The maximum atomic E-state index is 12.7. The van der Waals surface area contributed by atoms with Gasteiger partial charge in [-0.1, -0.05) is 204 Å². The zero-order chi connectivity index (χ0) is 51.2. The Morgan fingerprint density at radius 2 is 1.22 bits per heavy atom. The van der Waals surface area contributed by atoms with Crippen molar-refractivity contribution in [3.63, 3.8) is 0 Å². The summed E-state index contributed by atoms with van der Waals surface area (Å²) < 4.78 is 40.3. The van der Waals surface area contributed by atoms with Crippen molar-refractivity contribution in [3.05, 3.63) is 162 Å². The summed E-state index contributed by atoms with van der Waals surface area (Å²) >= 11 is 0. The number of pyridine rings is 1. The first kappa shape index (κ1) is 44.2. The summed E-state index contributed by atoms with van der Waals surface area (Å²) in [5.74, 6) is 0.266. The first-order valence-corrected chi connectivity index (χ1v) is 26.7. The van der Waals surface area contributed by atoms with E-state index < -0.39 is 18.9 Å². The van der Waals surface area contributed by atoms with Gasteiger partial charge in [-0.2, -0.15) is 0 Å². The molecule has 0 saturated carbocycles. The maximum absolute atomic E-state index is 12.7. The van der Waals surface area contributed by atoms with Crippen LogP contribution < -0.4 is 5.19 Å². The van der Waals surface area contributed by atoms with Crippen LogP contribution in [0.1, 0.15) is 111 Å². The van der Waals surface area contributed by atoms with Gasteiger partial charge in [-0.25, -0.2) is 4.98 Å². The van der Waals surface area contributed by atoms with E-state index in [9.17, 15) is 9.22 Å². The number of phenols is 1. The SMILES string of the molecule is [2H]c1cnc(-c2[c-]c(-c3cccc4c3nc(-c3c([2H])c(C(C)(C)C)c([2H])c(C(C)(C)C)c3O)n4-c3ccc(C(C)(C)C)cc3-c3ccccc3)cc(C(C)(C)C)c2)c([2H])c1-c1ccc([Si](C)(C)C)cc1.[Pt]. The fourth-order valence-electron chi connectivity index (χ4n) is 8.43. The first-order chi connectivity index (χ1) is 32.5. The maximum Gasteiger partial charge on any atom is 0.148 e. The number of para-hydroxylation sites is 1. The van der Waals surface area contributed by atoms with E-state index in [-0.39, 0.29) is 67.4 Å². The van der Waals surface area contributed by atoms with Gasteiger partial charge in [-0.3, -0.25) is 9.55 Å². The second kappa shape index (κ2) is 17.9. The minimum atomic E-state index is -1.57. The van der Waals surface area contributed by atoms with Crippen molar-refractivity contribution < 1.29 is 31.7 Å². The van der Waals surface area contributed by atoms with Crippen LogP contribution in [0.4, 0.5) is 0 Å². The van der Waals surface area contributed by atoms with Crippen molar-refractivity contribution in [2.45, 2.75) is 124 Å². The number of imidazole rings is 1. The molecule has 0 atom stereocenters. The Balaban J connectivity index is 0.00000741. The second-order valence-corrected chi connectivity index (χ2v) is 28.1. The zero-order valence-electron chi connectivity index (χ0n) is 46.0. The van der Waals surface area contributed by atoms with E-state index >= 15 is 0 Å². The number of rotatable bonds is 7. The molecule has 348 valence electrons. The number of fused-ring (bicyclic) bond motifs is 1. The zero-order valence-corrected chi connectivity index (χ0v) is 45.3. The van der Waals surface area contributed by atoms with E-state index in [4.69, 9.17) is 11.3 Å². The molecule has 0 spiro atoms. The van der Waals surface area contributed by atoms with E-state index in [1.807, 2.05) is 90.1 Å². The van der Waals surface area contributed by atoms with Crippen LogP contribution in [0.25, 0.3) is 72.7 Å². The summed E-state index contributed by atoms with van der Waals surface area (Å²) in [7, 11) is -1.57. The van der Waals surface area contributed by atoms with Crippen molar-refractivity contribution in [1.82, 2.24) is 14.5 Å². The Hall–Kier alpha value is -5.35. The normalized spacial score (nSPS) is 13.5. The molecule has 8 aromatic rings. The number of aromatic hydroxyl groups is 1. The largest absolute Gasteiger partial charge is 0.507 e. The van der Waals surface area contributed by atoms with Gasteiger partial charge in [0.05, 0.1) is 35.8 Å². The topological polar surface area (TPSA) is 50.9 Å². The molecule has 0 unspecified atom stereocenters. The molecular formula is C61H68N3OPtSi-. The van der Waals surface area contributed by atoms with Crippen molar-refractivity contribution in [2.24, 2.45) is 0 Å². The summed E-state index contributed by atoms with van der Waals surface area (Å²) in [6.07, 6.45) is 1.54. The van der Waals surface area contributed by atoms with Crippen LogP contribution in [0.2, 0.25) is 19.6 Å². The predicted octanol–water partition coefficient (Wildman–Crippen LogP) is 16.0. The molecule has 0 radical (unpaired) electrons. The van der Waals surface area contributed by atoms with E-state index in [2.05, 4.69) is 126 Å². The Labute approximate surface area is 421 Å². The van der Waals surface area contributed by atoms with Gasteiger partial charge in [0.25, 0.3) is 0 Å². The molecule has 0 saturated heterocycles. The molecule has 67 heavy (non-hydrogen) atoms. The number of aromatic nitrogens is 3. The number of benzene rings is 6. The number of phenolic OH excluding ortho intramolecular Hbond substituents is 1. The van der Waals surface area contributed by atoms with Gasteiger partial charge in [0.15, 0.2) is 0 Å². The Morgan fingerprint density at radius 3 is 1.84 bits per heavy atom. The van der Waals surface area contributed by atoms with Gasteiger partial charge in [-0.05, 0) is 79.8 Å². The third-order valence-electron chi connectivity index (χ3n) is 12.5. The van der Waals surface area contributed by atoms with Crippen LogP contribution in [0.3, 0.4) is 0 Å². The average Bonchev–Trinajstić information content (AvgIpc) is 3.63. The van der Waals surface area contributed by atoms with E-state index in [0.29, 0.717) is 39.3 Å². The van der Waals surface area contributed by atoms with Crippen molar-refractivity contribution >= 4 is 24.3 Å². The summed E-state index contributed by atoms with van der Waals surface area (Å²) in [6, 6.07) is 39.8. The van der Waals surface area contributed by atoms with Crippen LogP contribution >= 0.6 is 0 Å². The molecule has 2 heterocycles. The van der Waals surface area contributed by atoms with Crippen LogP contribution in [0.15, 0.2) is 133 Å². The fourth-order valence-corrected chi connectivity index (χ4v) is 9.60. The minimum Gasteiger partial charge on any atom is -0.507 e. The molecule has 0 bridgehead atoms. The summed E-state index contributed by atoms with van der Waals surface area (Å²) in [5.41, 5.74) is 9.82. The monoisotopic (exact) mass is 1090 g/mol. The Kier molecular flexibility index (Phi) is 11.8. The Morgan fingerprint density at radius 1 is 0.582 bits per heavy atom. The summed E-state index contributed by atoms with van der Waals surface area (Å²) in [4.78, 5) is 10.3. The van der Waals surface area contributed by atoms with Gasteiger partial charge in [-0.15, -0.1) is 29.3 Å². The van der Waals surface area contributed by atoms with Gasteiger partial charge < -0.3 is 5.11 Å². The smallest absolute Gasteiger partial charge is 0.148 e. The van der Waals surface area contributed by atoms with E-state index in [0.717, 1.165) is 50.1 Å². The number of hydrogen-bond donors (Lipinski definition) is 1. The van der Waals surface area contributed by atoms with Crippen molar-refractivity contribution in [3.8, 4) is 67.5 Å². The van der Waals surface area contributed by atoms with Gasteiger partial charge in [0.1, 0.15) is 11.6 Å². The van der Waals surface area contributed by atoms with Crippen LogP contribution in [0.5, 0.6) is 5.75 Å². The molecular weight excluding hydrogens is 1010 g/mol.